The number of nitro benzene ring substituents is 1. The van der Waals surface area contributed by atoms with Crippen molar-refractivity contribution >= 4 is 11.4 Å². The van der Waals surface area contributed by atoms with E-state index in [-0.39, 0.29) is 17.5 Å². The molecule has 120 valence electrons. The minimum absolute atomic E-state index is 0.0803. The molecule has 1 spiro atoms. The van der Waals surface area contributed by atoms with E-state index in [1.54, 1.807) is 0 Å². The Balaban J connectivity index is 1.82. The monoisotopic (exact) mass is 312 g/mol. The second-order valence-corrected chi connectivity index (χ2v) is 5.45. The van der Waals surface area contributed by atoms with E-state index in [1.165, 1.54) is 13.2 Å². The maximum atomic E-state index is 13.9. The zero-order chi connectivity index (χ0) is 15.7. The molecule has 1 heterocycles. The van der Waals surface area contributed by atoms with Crippen molar-refractivity contribution in [2.75, 3.05) is 25.6 Å². The Morgan fingerprint density at radius 3 is 2.82 bits per heavy atom. The minimum atomic E-state index is -0.923. The summed E-state index contributed by atoms with van der Waals surface area (Å²) in [5.41, 5.74) is -0.461. The molecule has 8 heteroatoms. The Hall–Kier alpha value is -1.93. The normalized spacial score (nSPS) is 22.9. The smallest absolute Gasteiger partial charge is 0.327 e. The molecule has 0 bridgehead atoms. The fourth-order valence-corrected chi connectivity index (χ4v) is 3.06. The molecular weight excluding hydrogens is 295 g/mol. The number of nitrogens with one attached hydrogen (secondary N) is 1. The lowest BCUT2D eigenvalue weighted by Crippen LogP contribution is -2.28. The van der Waals surface area contributed by atoms with Gasteiger partial charge in [0.1, 0.15) is 11.4 Å². The van der Waals surface area contributed by atoms with Crippen LogP contribution in [0.3, 0.4) is 0 Å². The van der Waals surface area contributed by atoms with Gasteiger partial charge in [-0.2, -0.15) is 4.39 Å². The van der Waals surface area contributed by atoms with Gasteiger partial charge in [-0.25, -0.2) is 0 Å². The molecule has 1 saturated heterocycles. The summed E-state index contributed by atoms with van der Waals surface area (Å²) in [6.07, 6.45) is 2.02. The standard InChI is InChI=1S/C14H17FN2O5/c1-20-10-6-11(15)13(17(18)19)12(7-10)16-9-2-3-14(8-9)21-4-5-22-14/h6-7,9,16H,2-5,8H2,1H3/t9-/m1/s1. The van der Waals surface area contributed by atoms with Crippen LogP contribution in [0.25, 0.3) is 0 Å². The zero-order valence-corrected chi connectivity index (χ0v) is 12.1. The van der Waals surface area contributed by atoms with Crippen LogP contribution in [0.15, 0.2) is 12.1 Å². The van der Waals surface area contributed by atoms with Crippen molar-refractivity contribution < 1.29 is 23.5 Å². The summed E-state index contributed by atoms with van der Waals surface area (Å²) in [4.78, 5) is 10.4. The maximum absolute atomic E-state index is 13.9. The number of benzene rings is 1. The van der Waals surface area contributed by atoms with Crippen LogP contribution in [-0.2, 0) is 9.47 Å². The van der Waals surface area contributed by atoms with Crippen LogP contribution in [0.1, 0.15) is 19.3 Å². The Labute approximate surface area is 126 Å². The highest BCUT2D eigenvalue weighted by molar-refractivity contribution is 5.65. The first kappa shape index (κ1) is 15.0. The van der Waals surface area contributed by atoms with Crippen molar-refractivity contribution in [1.82, 2.24) is 0 Å². The summed E-state index contributed by atoms with van der Waals surface area (Å²) in [6, 6.07) is 2.36. The fourth-order valence-electron chi connectivity index (χ4n) is 3.06. The largest absolute Gasteiger partial charge is 0.497 e. The molecule has 22 heavy (non-hydrogen) atoms. The molecule has 1 aliphatic heterocycles. The summed E-state index contributed by atoms with van der Waals surface area (Å²) >= 11 is 0. The lowest BCUT2D eigenvalue weighted by molar-refractivity contribution is -0.386. The third-order valence-electron chi connectivity index (χ3n) is 4.06. The molecule has 1 atom stereocenters. The first-order valence-electron chi connectivity index (χ1n) is 7.09. The van der Waals surface area contributed by atoms with Gasteiger partial charge in [0.15, 0.2) is 5.79 Å². The SMILES string of the molecule is COc1cc(F)c([N+](=O)[O-])c(N[C@@H]2CCC3(C2)OCCO3)c1. The summed E-state index contributed by atoms with van der Waals surface area (Å²) in [5, 5.41) is 14.1. The van der Waals surface area contributed by atoms with E-state index in [4.69, 9.17) is 14.2 Å². The molecule has 0 aromatic heterocycles. The fraction of sp³-hybridized carbons (Fsp3) is 0.571. The van der Waals surface area contributed by atoms with Crippen molar-refractivity contribution in [2.45, 2.75) is 31.1 Å². The molecule has 1 aromatic rings. The maximum Gasteiger partial charge on any atom is 0.327 e. The predicted molar refractivity (Wildman–Crippen MR) is 75.5 cm³/mol. The number of rotatable bonds is 4. The van der Waals surface area contributed by atoms with Gasteiger partial charge >= 0.3 is 5.69 Å². The molecule has 1 N–H and O–H groups in total. The molecule has 0 radical (unpaired) electrons. The van der Waals surface area contributed by atoms with Crippen LogP contribution in [0.2, 0.25) is 0 Å². The molecule has 2 fully saturated rings. The molecular formula is C14H17FN2O5. The molecule has 1 aromatic carbocycles. The average molecular weight is 312 g/mol. The van der Waals surface area contributed by atoms with E-state index in [0.29, 0.717) is 26.1 Å². The molecule has 0 unspecified atom stereocenters. The van der Waals surface area contributed by atoms with E-state index < -0.39 is 22.2 Å². The van der Waals surface area contributed by atoms with E-state index in [2.05, 4.69) is 5.32 Å². The van der Waals surface area contributed by atoms with Crippen molar-refractivity contribution in [3.05, 3.63) is 28.1 Å². The van der Waals surface area contributed by atoms with E-state index in [1.807, 2.05) is 0 Å². The topological polar surface area (TPSA) is 82.9 Å². The first-order valence-corrected chi connectivity index (χ1v) is 7.09. The van der Waals surface area contributed by atoms with E-state index >= 15 is 0 Å². The molecule has 7 nitrogen and oxygen atoms in total. The highest BCUT2D eigenvalue weighted by atomic mass is 19.1. The number of methoxy groups -OCH3 is 1. The summed E-state index contributed by atoms with van der Waals surface area (Å²) < 4.78 is 30.1. The molecule has 3 rings (SSSR count). The number of anilines is 1. The van der Waals surface area contributed by atoms with Gasteiger partial charge in [0.25, 0.3) is 0 Å². The second kappa shape index (κ2) is 5.69. The van der Waals surface area contributed by atoms with Crippen LogP contribution in [0.5, 0.6) is 5.75 Å². The first-order chi connectivity index (χ1) is 10.5. The van der Waals surface area contributed by atoms with Gasteiger partial charge in [-0.1, -0.05) is 0 Å². The van der Waals surface area contributed by atoms with Crippen molar-refractivity contribution in [3.63, 3.8) is 0 Å². The van der Waals surface area contributed by atoms with Crippen LogP contribution in [0, 0.1) is 15.9 Å². The van der Waals surface area contributed by atoms with Crippen molar-refractivity contribution in [3.8, 4) is 5.75 Å². The zero-order valence-electron chi connectivity index (χ0n) is 12.1. The van der Waals surface area contributed by atoms with Crippen LogP contribution in [-0.4, -0.2) is 37.1 Å². The average Bonchev–Trinajstić information content (AvgIpc) is 3.08. The number of ether oxygens (including phenoxy) is 3. The Morgan fingerprint density at radius 2 is 2.18 bits per heavy atom. The van der Waals surface area contributed by atoms with Crippen LogP contribution >= 0.6 is 0 Å². The van der Waals surface area contributed by atoms with Crippen molar-refractivity contribution in [1.29, 1.82) is 0 Å². The third-order valence-corrected chi connectivity index (χ3v) is 4.06. The number of hydrogen-bond acceptors (Lipinski definition) is 6. The lowest BCUT2D eigenvalue weighted by atomic mass is 10.2. The number of nitro groups is 1. The Bertz CT molecular complexity index is 589. The molecule has 1 aliphatic carbocycles. The number of hydrogen-bond donors (Lipinski definition) is 1. The predicted octanol–water partition coefficient (Wildman–Crippen LogP) is 2.45. The highest BCUT2D eigenvalue weighted by Crippen LogP contribution is 2.40. The molecule has 0 amide bonds. The molecule has 1 saturated carbocycles. The minimum Gasteiger partial charge on any atom is -0.497 e. The quantitative estimate of drug-likeness (QED) is 0.679. The van der Waals surface area contributed by atoms with Gasteiger partial charge in [0, 0.05) is 31.0 Å². The lowest BCUT2D eigenvalue weighted by Gasteiger charge is -2.22. The summed E-state index contributed by atoms with van der Waals surface area (Å²) in [6.45, 7) is 1.11. The second-order valence-electron chi connectivity index (χ2n) is 5.45. The summed E-state index contributed by atoms with van der Waals surface area (Å²) in [7, 11) is 1.38. The van der Waals surface area contributed by atoms with Gasteiger partial charge in [0.05, 0.1) is 25.2 Å². The van der Waals surface area contributed by atoms with Gasteiger partial charge in [-0.05, 0) is 6.42 Å². The number of nitrogens with zero attached hydrogens (tertiary/aromatic N) is 1. The number of halogens is 1. The Morgan fingerprint density at radius 1 is 1.45 bits per heavy atom. The van der Waals surface area contributed by atoms with Crippen LogP contribution < -0.4 is 10.1 Å². The van der Waals surface area contributed by atoms with Gasteiger partial charge in [0.2, 0.25) is 5.82 Å². The van der Waals surface area contributed by atoms with E-state index in [0.717, 1.165) is 12.5 Å². The summed E-state index contributed by atoms with van der Waals surface area (Å²) in [5.74, 6) is -1.29. The molecule has 2 aliphatic rings. The highest BCUT2D eigenvalue weighted by Gasteiger charge is 2.44. The van der Waals surface area contributed by atoms with Gasteiger partial charge in [-0.15, -0.1) is 0 Å². The van der Waals surface area contributed by atoms with Gasteiger partial charge in [-0.3, -0.25) is 10.1 Å². The van der Waals surface area contributed by atoms with Crippen molar-refractivity contribution in [2.24, 2.45) is 0 Å². The third kappa shape index (κ3) is 2.71. The van der Waals surface area contributed by atoms with Crippen LogP contribution in [0.4, 0.5) is 15.8 Å². The Kier molecular flexibility index (Phi) is 3.88. The van der Waals surface area contributed by atoms with E-state index in [9.17, 15) is 14.5 Å². The van der Waals surface area contributed by atoms with Gasteiger partial charge < -0.3 is 19.5 Å².